The number of hydrogen-bond acceptors (Lipinski definition) is 3. The molecule has 4 nitrogen and oxygen atoms in total. The van der Waals surface area contributed by atoms with Gasteiger partial charge in [0.25, 0.3) is 0 Å². The summed E-state index contributed by atoms with van der Waals surface area (Å²) in [5.41, 5.74) is 5.42. The van der Waals surface area contributed by atoms with Crippen LogP contribution in [0.4, 0.5) is 4.39 Å². The molecule has 0 spiro atoms. The van der Waals surface area contributed by atoms with Crippen LogP contribution in [0.3, 0.4) is 0 Å². The standard InChI is InChI=1S/C11H15FN2O2S/c12-9-2-1-3-11(8-9)17(15,16)14(7-6-13)10-4-5-10/h1-3,8,10H,4-7,13H2. The van der Waals surface area contributed by atoms with Gasteiger partial charge in [0.05, 0.1) is 4.90 Å². The molecule has 17 heavy (non-hydrogen) atoms. The first-order valence-electron chi connectivity index (χ1n) is 5.53. The van der Waals surface area contributed by atoms with E-state index in [0.29, 0.717) is 0 Å². The lowest BCUT2D eigenvalue weighted by Crippen LogP contribution is -2.37. The molecule has 1 aromatic carbocycles. The van der Waals surface area contributed by atoms with Crippen LogP contribution in [0.25, 0.3) is 0 Å². The predicted molar refractivity (Wildman–Crippen MR) is 62.4 cm³/mol. The first kappa shape index (κ1) is 12.5. The first-order valence-corrected chi connectivity index (χ1v) is 6.97. The molecule has 0 heterocycles. The third-order valence-corrected chi connectivity index (χ3v) is 4.65. The summed E-state index contributed by atoms with van der Waals surface area (Å²) in [4.78, 5) is -0.00199. The van der Waals surface area contributed by atoms with Gasteiger partial charge in [0, 0.05) is 19.1 Å². The number of halogens is 1. The van der Waals surface area contributed by atoms with E-state index in [1.165, 1.54) is 22.5 Å². The molecule has 0 unspecified atom stereocenters. The largest absolute Gasteiger partial charge is 0.329 e. The van der Waals surface area contributed by atoms with Gasteiger partial charge in [0.2, 0.25) is 10.0 Å². The molecule has 1 aliphatic rings. The predicted octanol–water partition coefficient (Wildman–Crippen LogP) is 0.937. The summed E-state index contributed by atoms with van der Waals surface area (Å²) in [5, 5.41) is 0. The highest BCUT2D eigenvalue weighted by atomic mass is 32.2. The number of sulfonamides is 1. The number of rotatable bonds is 5. The van der Waals surface area contributed by atoms with Gasteiger partial charge in [0.1, 0.15) is 5.82 Å². The third-order valence-electron chi connectivity index (χ3n) is 2.71. The topological polar surface area (TPSA) is 63.4 Å². The van der Waals surface area contributed by atoms with E-state index < -0.39 is 15.8 Å². The Labute approximate surface area is 100 Å². The van der Waals surface area contributed by atoms with Gasteiger partial charge in [-0.15, -0.1) is 0 Å². The summed E-state index contributed by atoms with van der Waals surface area (Å²) >= 11 is 0. The van der Waals surface area contributed by atoms with Crippen molar-refractivity contribution in [2.24, 2.45) is 5.73 Å². The van der Waals surface area contributed by atoms with Crippen molar-refractivity contribution in [3.63, 3.8) is 0 Å². The van der Waals surface area contributed by atoms with Gasteiger partial charge in [-0.25, -0.2) is 12.8 Å². The Morgan fingerprint density at radius 1 is 1.41 bits per heavy atom. The lowest BCUT2D eigenvalue weighted by molar-refractivity contribution is 0.411. The molecule has 0 aliphatic heterocycles. The first-order chi connectivity index (χ1) is 8.05. The molecule has 1 saturated carbocycles. The average molecular weight is 258 g/mol. The molecule has 94 valence electrons. The molecule has 2 N–H and O–H groups in total. The second-order valence-corrected chi connectivity index (χ2v) is 5.98. The smallest absolute Gasteiger partial charge is 0.243 e. The van der Waals surface area contributed by atoms with Crippen molar-refractivity contribution in [1.82, 2.24) is 4.31 Å². The van der Waals surface area contributed by atoms with Crippen LogP contribution in [0, 0.1) is 5.82 Å². The van der Waals surface area contributed by atoms with E-state index in [9.17, 15) is 12.8 Å². The SMILES string of the molecule is NCCN(C1CC1)S(=O)(=O)c1cccc(F)c1. The minimum absolute atomic E-state index is 0.00199. The van der Waals surface area contributed by atoms with Gasteiger partial charge >= 0.3 is 0 Å². The highest BCUT2D eigenvalue weighted by Gasteiger charge is 2.37. The zero-order valence-electron chi connectivity index (χ0n) is 9.34. The van der Waals surface area contributed by atoms with E-state index in [0.717, 1.165) is 18.9 Å². The van der Waals surface area contributed by atoms with Crippen LogP contribution in [0.15, 0.2) is 29.2 Å². The van der Waals surface area contributed by atoms with Gasteiger partial charge in [-0.2, -0.15) is 4.31 Å². The van der Waals surface area contributed by atoms with E-state index in [1.54, 1.807) is 0 Å². The van der Waals surface area contributed by atoms with Gasteiger partial charge in [-0.05, 0) is 31.0 Å². The summed E-state index contributed by atoms with van der Waals surface area (Å²) in [6.07, 6.45) is 1.71. The zero-order chi connectivity index (χ0) is 12.5. The highest BCUT2D eigenvalue weighted by molar-refractivity contribution is 7.89. The van der Waals surface area contributed by atoms with E-state index in [1.807, 2.05) is 0 Å². The van der Waals surface area contributed by atoms with Crippen LogP contribution in [0.5, 0.6) is 0 Å². The van der Waals surface area contributed by atoms with E-state index >= 15 is 0 Å². The van der Waals surface area contributed by atoms with Crippen LogP contribution in [0.1, 0.15) is 12.8 Å². The maximum Gasteiger partial charge on any atom is 0.243 e. The molecule has 2 rings (SSSR count). The monoisotopic (exact) mass is 258 g/mol. The molecule has 0 saturated heterocycles. The number of benzene rings is 1. The summed E-state index contributed by atoms with van der Waals surface area (Å²) in [6.45, 7) is 0.550. The van der Waals surface area contributed by atoms with Crippen LogP contribution in [-0.2, 0) is 10.0 Å². The highest BCUT2D eigenvalue weighted by Crippen LogP contribution is 2.31. The lowest BCUT2D eigenvalue weighted by Gasteiger charge is -2.21. The van der Waals surface area contributed by atoms with Crippen molar-refractivity contribution in [3.8, 4) is 0 Å². The molecular formula is C11H15FN2O2S. The molecule has 0 radical (unpaired) electrons. The molecule has 0 aromatic heterocycles. The van der Waals surface area contributed by atoms with Gasteiger partial charge in [-0.1, -0.05) is 6.07 Å². The van der Waals surface area contributed by atoms with E-state index in [-0.39, 0.29) is 24.0 Å². The van der Waals surface area contributed by atoms with Gasteiger partial charge in [0.15, 0.2) is 0 Å². The number of hydrogen-bond donors (Lipinski definition) is 1. The minimum Gasteiger partial charge on any atom is -0.329 e. The molecule has 1 fully saturated rings. The molecule has 0 amide bonds. The van der Waals surface area contributed by atoms with Crippen molar-refractivity contribution in [2.45, 2.75) is 23.8 Å². The normalized spacial score (nSPS) is 16.4. The van der Waals surface area contributed by atoms with Gasteiger partial charge < -0.3 is 5.73 Å². The summed E-state index contributed by atoms with van der Waals surface area (Å²) < 4.78 is 39.0. The quantitative estimate of drug-likeness (QED) is 0.855. The number of nitrogens with two attached hydrogens (primary N) is 1. The Morgan fingerprint density at radius 2 is 2.12 bits per heavy atom. The Balaban J connectivity index is 2.33. The average Bonchev–Trinajstić information content (AvgIpc) is 3.09. The fourth-order valence-corrected chi connectivity index (χ4v) is 3.48. The Hall–Kier alpha value is -0.980. The van der Waals surface area contributed by atoms with Crippen molar-refractivity contribution in [2.75, 3.05) is 13.1 Å². The molecule has 0 atom stereocenters. The van der Waals surface area contributed by atoms with Crippen LogP contribution in [0.2, 0.25) is 0 Å². The van der Waals surface area contributed by atoms with Crippen molar-refractivity contribution < 1.29 is 12.8 Å². The van der Waals surface area contributed by atoms with Crippen LogP contribution < -0.4 is 5.73 Å². The summed E-state index contributed by atoms with van der Waals surface area (Å²) in [6, 6.07) is 5.11. The second kappa shape index (κ2) is 4.72. The summed E-state index contributed by atoms with van der Waals surface area (Å²) in [7, 11) is -3.61. The zero-order valence-corrected chi connectivity index (χ0v) is 10.2. The molecule has 1 aromatic rings. The fraction of sp³-hybridized carbons (Fsp3) is 0.455. The van der Waals surface area contributed by atoms with Crippen molar-refractivity contribution in [1.29, 1.82) is 0 Å². The maximum absolute atomic E-state index is 13.1. The maximum atomic E-state index is 13.1. The Kier molecular flexibility index (Phi) is 3.46. The van der Waals surface area contributed by atoms with E-state index in [4.69, 9.17) is 5.73 Å². The summed E-state index contributed by atoms with van der Waals surface area (Å²) in [5.74, 6) is -0.547. The molecular weight excluding hydrogens is 243 g/mol. The lowest BCUT2D eigenvalue weighted by atomic mass is 10.4. The van der Waals surface area contributed by atoms with E-state index in [2.05, 4.69) is 0 Å². The van der Waals surface area contributed by atoms with Crippen molar-refractivity contribution in [3.05, 3.63) is 30.1 Å². The second-order valence-electron chi connectivity index (χ2n) is 4.09. The molecule has 0 bridgehead atoms. The van der Waals surface area contributed by atoms with Crippen LogP contribution in [-0.4, -0.2) is 31.9 Å². The molecule has 1 aliphatic carbocycles. The Bertz CT molecular complexity index is 500. The number of nitrogens with zero attached hydrogens (tertiary/aromatic N) is 1. The van der Waals surface area contributed by atoms with Crippen LogP contribution >= 0.6 is 0 Å². The fourth-order valence-electron chi connectivity index (χ4n) is 1.75. The molecule has 6 heteroatoms. The van der Waals surface area contributed by atoms with Crippen molar-refractivity contribution >= 4 is 10.0 Å². The minimum atomic E-state index is -3.61. The third kappa shape index (κ3) is 2.65. The van der Waals surface area contributed by atoms with Gasteiger partial charge in [-0.3, -0.25) is 0 Å². The Morgan fingerprint density at radius 3 is 2.65 bits per heavy atom.